The predicted molar refractivity (Wildman–Crippen MR) is 272 cm³/mol. The maximum absolute atomic E-state index is 2.44. The smallest absolute Gasteiger partial charge is 0.0541 e. The van der Waals surface area contributed by atoms with Gasteiger partial charge in [0.2, 0.25) is 0 Å². The molecule has 0 fully saturated rings. The fraction of sp³-hybridized carbons (Fsp3) is 0.0333. The van der Waals surface area contributed by atoms with Crippen molar-refractivity contribution in [2.75, 3.05) is 4.90 Å². The van der Waals surface area contributed by atoms with Crippen LogP contribution in [0.3, 0.4) is 0 Å². The molecule has 0 aliphatic carbocycles. The summed E-state index contributed by atoms with van der Waals surface area (Å²) < 4.78 is 5.05. The van der Waals surface area contributed by atoms with Crippen LogP contribution in [0.5, 0.6) is 0 Å². The third-order valence-corrected chi connectivity index (χ3v) is 14.0. The molecule has 0 bridgehead atoms. The van der Waals surface area contributed by atoms with Crippen LogP contribution < -0.4 is 4.90 Å². The van der Waals surface area contributed by atoms with Gasteiger partial charge in [-0.3, -0.25) is 0 Å². The lowest BCUT2D eigenvalue weighted by Crippen LogP contribution is -2.13. The fourth-order valence-corrected chi connectivity index (χ4v) is 11.1. The molecule has 2 aromatic heterocycles. The number of nitrogens with zero attached hydrogens (tertiary/aromatic N) is 2. The molecule has 2 nitrogen and oxygen atoms in total. The highest BCUT2D eigenvalue weighted by atomic mass is 32.1. The first-order valence-corrected chi connectivity index (χ1v) is 22.5. The Bertz CT molecular complexity index is 3630. The zero-order valence-electron chi connectivity index (χ0n) is 35.1. The average molecular weight is 823 g/mol. The summed E-state index contributed by atoms with van der Waals surface area (Å²) in [5.41, 5.74) is 16.7. The lowest BCUT2D eigenvalue weighted by molar-refractivity contribution is 1.18. The standard InChI is InChI=1S/C60H42N2S/c1-39-35-47(45-15-11-16-50(38-45)62-56-22-8-5-17-52(56)53-18-6-9-23-57(53)62)36-40(2)59(39)61(48-31-27-42(28-32-48)46-26-25-41-13-3-4-14-44(41)37-46)49-33-29-43(30-34-49)51-20-12-21-55-54-19-7-10-24-58(54)63-60(51)55/h3-38H,1-2H3. The van der Waals surface area contributed by atoms with Crippen molar-refractivity contribution in [3.8, 4) is 39.1 Å². The molecule has 0 aliphatic rings. The van der Waals surface area contributed by atoms with E-state index in [0.717, 1.165) is 17.1 Å². The van der Waals surface area contributed by atoms with Crippen LogP contribution >= 0.6 is 11.3 Å². The summed E-state index contributed by atoms with van der Waals surface area (Å²) in [6.07, 6.45) is 0. The molecule has 0 saturated heterocycles. The number of rotatable bonds is 7. The van der Waals surface area contributed by atoms with E-state index in [1.807, 2.05) is 11.3 Å². The van der Waals surface area contributed by atoms with E-state index in [9.17, 15) is 0 Å². The van der Waals surface area contributed by atoms with Crippen molar-refractivity contribution in [1.29, 1.82) is 0 Å². The second kappa shape index (κ2) is 15.0. The van der Waals surface area contributed by atoms with Crippen molar-refractivity contribution in [2.24, 2.45) is 0 Å². The Morgan fingerprint density at radius 3 is 1.65 bits per heavy atom. The third kappa shape index (κ3) is 6.31. The Kier molecular flexibility index (Phi) is 8.84. The molecule has 3 heteroatoms. The zero-order valence-corrected chi connectivity index (χ0v) is 35.9. The van der Waals surface area contributed by atoms with Gasteiger partial charge < -0.3 is 9.47 Å². The van der Waals surface area contributed by atoms with Gasteiger partial charge in [0.1, 0.15) is 0 Å². The molecule has 0 aliphatic heterocycles. The summed E-state index contributed by atoms with van der Waals surface area (Å²) in [5, 5.41) is 7.68. The maximum Gasteiger partial charge on any atom is 0.0541 e. The van der Waals surface area contributed by atoms with Crippen LogP contribution in [0.15, 0.2) is 218 Å². The summed E-state index contributed by atoms with van der Waals surface area (Å²) in [7, 11) is 0. The van der Waals surface area contributed by atoms with E-state index in [1.54, 1.807) is 0 Å². The van der Waals surface area contributed by atoms with E-state index < -0.39 is 0 Å². The molecule has 0 amide bonds. The summed E-state index contributed by atoms with van der Waals surface area (Å²) >= 11 is 1.88. The van der Waals surface area contributed by atoms with E-state index >= 15 is 0 Å². The summed E-state index contributed by atoms with van der Waals surface area (Å²) in [4.78, 5) is 2.44. The lowest BCUT2D eigenvalue weighted by atomic mass is 9.96. The van der Waals surface area contributed by atoms with Crippen LogP contribution in [0.1, 0.15) is 11.1 Å². The molecule has 2 heterocycles. The monoisotopic (exact) mass is 822 g/mol. The predicted octanol–water partition coefficient (Wildman–Crippen LogP) is 17.4. The molecule has 0 N–H and O–H groups in total. The van der Waals surface area contributed by atoms with Crippen molar-refractivity contribution >= 4 is 81.1 Å². The van der Waals surface area contributed by atoms with Gasteiger partial charge in [0.05, 0.1) is 16.7 Å². The van der Waals surface area contributed by atoms with Crippen LogP contribution in [0.2, 0.25) is 0 Å². The summed E-state index contributed by atoms with van der Waals surface area (Å²) in [5.74, 6) is 0. The minimum atomic E-state index is 1.12. The molecule has 0 spiro atoms. The third-order valence-electron chi connectivity index (χ3n) is 12.8. The number of para-hydroxylation sites is 2. The van der Waals surface area contributed by atoms with Gasteiger partial charge in [-0.1, -0.05) is 146 Å². The number of hydrogen-bond acceptors (Lipinski definition) is 2. The van der Waals surface area contributed by atoms with Gasteiger partial charge in [0.25, 0.3) is 0 Å². The molecule has 0 radical (unpaired) electrons. The second-order valence-electron chi connectivity index (χ2n) is 16.7. The molecular weight excluding hydrogens is 781 g/mol. The van der Waals surface area contributed by atoms with E-state index in [2.05, 4.69) is 242 Å². The molecule has 63 heavy (non-hydrogen) atoms. The number of thiophene rings is 1. The number of hydrogen-bond donors (Lipinski definition) is 0. The Balaban J connectivity index is 0.960. The molecular formula is C60H42N2S. The van der Waals surface area contributed by atoms with Gasteiger partial charge >= 0.3 is 0 Å². The van der Waals surface area contributed by atoms with Crippen LogP contribution in [0.4, 0.5) is 17.1 Å². The lowest BCUT2D eigenvalue weighted by Gasteiger charge is -2.29. The number of anilines is 3. The Hall–Kier alpha value is -7.72. The van der Waals surface area contributed by atoms with Gasteiger partial charge in [0.15, 0.2) is 0 Å². The van der Waals surface area contributed by atoms with E-state index in [1.165, 1.54) is 103 Å². The Labute approximate surface area is 371 Å². The average Bonchev–Trinajstić information content (AvgIpc) is 3.89. The quantitative estimate of drug-likeness (QED) is 0.155. The number of fused-ring (bicyclic) bond motifs is 7. The van der Waals surface area contributed by atoms with Crippen molar-refractivity contribution in [1.82, 2.24) is 4.57 Å². The minimum Gasteiger partial charge on any atom is -0.310 e. The SMILES string of the molecule is Cc1cc(-c2cccc(-n3c4ccccc4c4ccccc43)c2)cc(C)c1N(c1ccc(-c2ccc3ccccc3c2)cc1)c1ccc(-c2cccc3c2sc2ccccc23)cc1. The van der Waals surface area contributed by atoms with E-state index in [-0.39, 0.29) is 0 Å². The molecule has 12 aromatic rings. The summed E-state index contributed by atoms with van der Waals surface area (Å²) in [6, 6.07) is 80.2. The molecule has 0 unspecified atom stereocenters. The maximum atomic E-state index is 2.44. The van der Waals surface area contributed by atoms with Gasteiger partial charge in [-0.05, 0) is 142 Å². The zero-order chi connectivity index (χ0) is 42.0. The van der Waals surface area contributed by atoms with E-state index in [4.69, 9.17) is 0 Å². The van der Waals surface area contributed by atoms with Gasteiger partial charge in [0, 0.05) is 48.0 Å². The van der Waals surface area contributed by atoms with Crippen molar-refractivity contribution in [3.63, 3.8) is 0 Å². The van der Waals surface area contributed by atoms with Crippen molar-refractivity contribution in [3.05, 3.63) is 230 Å². The molecule has 12 rings (SSSR count). The van der Waals surface area contributed by atoms with Crippen LogP contribution in [0.25, 0.3) is 91.8 Å². The second-order valence-corrected chi connectivity index (χ2v) is 17.7. The first-order valence-electron chi connectivity index (χ1n) is 21.7. The van der Waals surface area contributed by atoms with Crippen molar-refractivity contribution in [2.45, 2.75) is 13.8 Å². The van der Waals surface area contributed by atoms with Crippen molar-refractivity contribution < 1.29 is 0 Å². The Morgan fingerprint density at radius 1 is 0.381 bits per heavy atom. The first-order chi connectivity index (χ1) is 31.1. The molecule has 10 aromatic carbocycles. The molecule has 0 atom stereocenters. The van der Waals surface area contributed by atoms with Gasteiger partial charge in [-0.25, -0.2) is 0 Å². The highest BCUT2D eigenvalue weighted by Gasteiger charge is 2.20. The normalized spacial score (nSPS) is 11.7. The van der Waals surface area contributed by atoms with E-state index in [0.29, 0.717) is 0 Å². The van der Waals surface area contributed by atoms with Gasteiger partial charge in [-0.2, -0.15) is 0 Å². The minimum absolute atomic E-state index is 1.12. The van der Waals surface area contributed by atoms with Crippen LogP contribution in [0, 0.1) is 13.8 Å². The number of aryl methyl sites for hydroxylation is 2. The summed E-state index contributed by atoms with van der Waals surface area (Å²) in [6.45, 7) is 4.52. The first kappa shape index (κ1) is 37.1. The van der Waals surface area contributed by atoms with Crippen LogP contribution in [-0.2, 0) is 0 Å². The largest absolute Gasteiger partial charge is 0.310 e. The fourth-order valence-electron chi connectivity index (χ4n) is 9.84. The number of aromatic nitrogens is 1. The highest BCUT2D eigenvalue weighted by molar-refractivity contribution is 7.26. The molecule has 298 valence electrons. The molecule has 0 saturated carbocycles. The Morgan fingerprint density at radius 2 is 0.937 bits per heavy atom. The number of benzene rings is 10. The topological polar surface area (TPSA) is 8.17 Å². The van der Waals surface area contributed by atoms with Gasteiger partial charge in [-0.15, -0.1) is 11.3 Å². The highest BCUT2D eigenvalue weighted by Crippen LogP contribution is 2.44. The van der Waals surface area contributed by atoms with Crippen LogP contribution in [-0.4, -0.2) is 4.57 Å².